The number of aromatic nitrogens is 4. The van der Waals surface area contributed by atoms with Gasteiger partial charge in [-0.05, 0) is 28.0 Å². The molecule has 19 heavy (non-hydrogen) atoms. The van der Waals surface area contributed by atoms with Gasteiger partial charge in [0.15, 0.2) is 0 Å². The van der Waals surface area contributed by atoms with Crippen molar-refractivity contribution < 1.29 is 9.13 Å². The molecule has 0 radical (unpaired) electrons. The zero-order chi connectivity index (χ0) is 14.2. The Kier molecular flexibility index (Phi) is 3.37. The zero-order valence-corrected chi connectivity index (χ0v) is 11.2. The fourth-order valence-electron chi connectivity index (χ4n) is 1.80. The van der Waals surface area contributed by atoms with E-state index in [0.717, 1.165) is 9.36 Å². The molecule has 0 atom stereocenters. The zero-order valence-electron chi connectivity index (χ0n) is 11.2. The van der Waals surface area contributed by atoms with Crippen LogP contribution in [0.5, 0.6) is 5.75 Å². The van der Waals surface area contributed by atoms with Crippen molar-refractivity contribution >= 4 is 0 Å². The Hall–Kier alpha value is -2.18. The number of methoxy groups -OCH3 is 1. The second-order valence-corrected chi connectivity index (χ2v) is 4.50. The first-order valence-electron chi connectivity index (χ1n) is 5.82. The first-order chi connectivity index (χ1) is 8.95. The van der Waals surface area contributed by atoms with Crippen LogP contribution in [-0.2, 0) is 7.05 Å². The van der Waals surface area contributed by atoms with Crippen molar-refractivity contribution in [2.45, 2.75) is 19.8 Å². The molecule has 7 heteroatoms. The van der Waals surface area contributed by atoms with Crippen molar-refractivity contribution in [2.24, 2.45) is 7.05 Å². The van der Waals surface area contributed by atoms with Crippen LogP contribution >= 0.6 is 0 Å². The van der Waals surface area contributed by atoms with Crippen LogP contribution in [0.15, 0.2) is 16.9 Å². The summed E-state index contributed by atoms with van der Waals surface area (Å²) in [5.41, 5.74) is 0.457. The summed E-state index contributed by atoms with van der Waals surface area (Å²) in [7, 11) is 2.90. The lowest BCUT2D eigenvalue weighted by Gasteiger charge is -2.12. The highest BCUT2D eigenvalue weighted by Gasteiger charge is 2.17. The van der Waals surface area contributed by atoms with Gasteiger partial charge in [0.25, 0.3) is 0 Å². The van der Waals surface area contributed by atoms with Gasteiger partial charge in [0.1, 0.15) is 17.3 Å². The maximum absolute atomic E-state index is 13.9. The molecule has 0 aliphatic heterocycles. The number of rotatable bonds is 3. The summed E-state index contributed by atoms with van der Waals surface area (Å²) in [4.78, 5) is 11.9. The second-order valence-electron chi connectivity index (χ2n) is 4.50. The maximum Gasteiger partial charge on any atom is 0.368 e. The van der Waals surface area contributed by atoms with E-state index in [0.29, 0.717) is 11.3 Å². The molecule has 0 fully saturated rings. The van der Waals surface area contributed by atoms with E-state index in [2.05, 4.69) is 10.4 Å². The highest BCUT2D eigenvalue weighted by Crippen LogP contribution is 2.28. The van der Waals surface area contributed by atoms with E-state index < -0.39 is 5.69 Å². The van der Waals surface area contributed by atoms with Crippen molar-refractivity contribution in [1.82, 2.24) is 19.8 Å². The fraction of sp³-hybridized carbons (Fsp3) is 0.417. The number of hydrogen-bond acceptors (Lipinski definition) is 4. The molecular weight excluding hydrogens is 251 g/mol. The Morgan fingerprint density at radius 1 is 1.32 bits per heavy atom. The van der Waals surface area contributed by atoms with Gasteiger partial charge in [0, 0.05) is 13.1 Å². The minimum absolute atomic E-state index is 0.0166. The average molecular weight is 266 g/mol. The smallest absolute Gasteiger partial charge is 0.368 e. The Balaban J connectivity index is 2.71. The molecule has 2 rings (SSSR count). The molecule has 0 N–H and O–H groups in total. The monoisotopic (exact) mass is 266 g/mol. The van der Waals surface area contributed by atoms with Crippen molar-refractivity contribution in [2.75, 3.05) is 7.11 Å². The van der Waals surface area contributed by atoms with Gasteiger partial charge in [0.2, 0.25) is 0 Å². The van der Waals surface area contributed by atoms with E-state index in [1.54, 1.807) is 6.07 Å². The van der Waals surface area contributed by atoms with Gasteiger partial charge in [-0.3, -0.25) is 0 Å². The van der Waals surface area contributed by atoms with Crippen LogP contribution in [0.4, 0.5) is 4.39 Å². The topological polar surface area (TPSA) is 61.9 Å². The molecule has 0 saturated heterocycles. The highest BCUT2D eigenvalue weighted by atomic mass is 19.1. The molecule has 0 aliphatic carbocycles. The van der Waals surface area contributed by atoms with Crippen LogP contribution in [0.1, 0.15) is 25.3 Å². The molecule has 0 spiro atoms. The lowest BCUT2D eigenvalue weighted by Crippen LogP contribution is -2.22. The predicted molar refractivity (Wildman–Crippen MR) is 67.2 cm³/mol. The Labute approximate surface area is 109 Å². The number of aryl methyl sites for hydroxylation is 1. The molecule has 0 saturated carbocycles. The third kappa shape index (κ3) is 2.23. The summed E-state index contributed by atoms with van der Waals surface area (Å²) in [6.07, 6.45) is 0. The molecular formula is C12H15FN4O2. The van der Waals surface area contributed by atoms with Crippen molar-refractivity contribution in [3.05, 3.63) is 34.0 Å². The standard InChI is InChI=1S/C12H15FN4O2/c1-7(2)8-5-10(11(19-4)6-9(8)13)17-12(18)16(3)14-15-17/h5-7H,1-4H3. The summed E-state index contributed by atoms with van der Waals surface area (Å²) >= 11 is 0. The van der Waals surface area contributed by atoms with Gasteiger partial charge in [-0.2, -0.15) is 9.36 Å². The first kappa shape index (κ1) is 13.3. The Bertz CT molecular complexity index is 660. The SMILES string of the molecule is COc1cc(F)c(C(C)C)cc1-n1nnn(C)c1=O. The van der Waals surface area contributed by atoms with Crippen LogP contribution < -0.4 is 10.4 Å². The van der Waals surface area contributed by atoms with Crippen molar-refractivity contribution in [3.63, 3.8) is 0 Å². The third-order valence-corrected chi connectivity index (χ3v) is 2.87. The van der Waals surface area contributed by atoms with Gasteiger partial charge < -0.3 is 4.74 Å². The molecule has 1 heterocycles. The maximum atomic E-state index is 13.9. The second kappa shape index (κ2) is 4.83. The summed E-state index contributed by atoms with van der Waals surface area (Å²) in [5, 5.41) is 7.37. The number of benzene rings is 1. The van der Waals surface area contributed by atoms with Crippen LogP contribution in [0.2, 0.25) is 0 Å². The van der Waals surface area contributed by atoms with Gasteiger partial charge in [-0.15, -0.1) is 0 Å². The highest BCUT2D eigenvalue weighted by molar-refractivity contribution is 5.49. The normalized spacial score (nSPS) is 11.1. The molecule has 1 aromatic heterocycles. The molecule has 6 nitrogen and oxygen atoms in total. The van der Waals surface area contributed by atoms with Gasteiger partial charge in [0.05, 0.1) is 7.11 Å². The molecule has 0 unspecified atom stereocenters. The van der Waals surface area contributed by atoms with Crippen LogP contribution in [0.25, 0.3) is 5.69 Å². The average Bonchev–Trinajstić information content (AvgIpc) is 2.69. The fourth-order valence-corrected chi connectivity index (χ4v) is 1.80. The van der Waals surface area contributed by atoms with E-state index >= 15 is 0 Å². The van der Waals surface area contributed by atoms with Crippen LogP contribution in [-0.4, -0.2) is 26.9 Å². The number of ether oxygens (including phenoxy) is 1. The lowest BCUT2D eigenvalue weighted by atomic mass is 10.0. The number of hydrogen-bond donors (Lipinski definition) is 0. The van der Waals surface area contributed by atoms with Crippen LogP contribution in [0, 0.1) is 5.82 Å². The van der Waals surface area contributed by atoms with E-state index in [9.17, 15) is 9.18 Å². The molecule has 0 aliphatic rings. The molecule has 0 bridgehead atoms. The summed E-state index contributed by atoms with van der Waals surface area (Å²) < 4.78 is 21.2. The van der Waals surface area contributed by atoms with E-state index in [4.69, 9.17) is 4.74 Å². The molecule has 1 aromatic carbocycles. The molecule has 2 aromatic rings. The minimum Gasteiger partial charge on any atom is -0.494 e. The number of nitrogens with zero attached hydrogens (tertiary/aromatic N) is 4. The minimum atomic E-state index is -0.417. The number of halogens is 1. The molecule has 102 valence electrons. The van der Waals surface area contributed by atoms with Gasteiger partial charge in [-0.1, -0.05) is 13.8 Å². The van der Waals surface area contributed by atoms with E-state index in [1.807, 2.05) is 13.8 Å². The summed E-state index contributed by atoms with van der Waals surface area (Å²) in [5.74, 6) is -0.144. The van der Waals surface area contributed by atoms with E-state index in [1.165, 1.54) is 20.2 Å². The van der Waals surface area contributed by atoms with Gasteiger partial charge in [-0.25, -0.2) is 9.18 Å². The Morgan fingerprint density at radius 3 is 2.47 bits per heavy atom. The van der Waals surface area contributed by atoms with E-state index in [-0.39, 0.29) is 17.5 Å². The van der Waals surface area contributed by atoms with Crippen molar-refractivity contribution in [1.29, 1.82) is 0 Å². The molecule has 0 amide bonds. The largest absolute Gasteiger partial charge is 0.494 e. The predicted octanol–water partition coefficient (Wildman–Crippen LogP) is 1.24. The first-order valence-corrected chi connectivity index (χ1v) is 5.82. The lowest BCUT2D eigenvalue weighted by molar-refractivity contribution is 0.406. The third-order valence-electron chi connectivity index (χ3n) is 2.87. The summed E-state index contributed by atoms with van der Waals surface area (Å²) in [6.45, 7) is 3.74. The summed E-state index contributed by atoms with van der Waals surface area (Å²) in [6, 6.07) is 2.82. The quantitative estimate of drug-likeness (QED) is 0.838. The van der Waals surface area contributed by atoms with Gasteiger partial charge >= 0.3 is 5.69 Å². The Morgan fingerprint density at radius 2 is 2.00 bits per heavy atom. The van der Waals surface area contributed by atoms with Crippen LogP contribution in [0.3, 0.4) is 0 Å². The number of tetrazole rings is 1. The van der Waals surface area contributed by atoms with Crippen molar-refractivity contribution in [3.8, 4) is 11.4 Å².